The first-order chi connectivity index (χ1) is 8.20. The van der Waals surface area contributed by atoms with Gasteiger partial charge in [-0.1, -0.05) is 6.07 Å². The third-order valence-electron chi connectivity index (χ3n) is 3.43. The van der Waals surface area contributed by atoms with E-state index in [2.05, 4.69) is 27.7 Å². The molecular formula is C15H23NO2. The molecule has 1 atom stereocenters. The summed E-state index contributed by atoms with van der Waals surface area (Å²) in [5, 5.41) is 0. The lowest BCUT2D eigenvalue weighted by Gasteiger charge is -2.27. The van der Waals surface area contributed by atoms with E-state index in [-0.39, 0.29) is 17.3 Å². The average Bonchev–Trinajstić information content (AvgIpc) is 2.39. The van der Waals surface area contributed by atoms with Crippen molar-refractivity contribution in [3.05, 3.63) is 23.8 Å². The zero-order chi connectivity index (χ0) is 13.6. The second kappa shape index (κ2) is 4.16. The van der Waals surface area contributed by atoms with Crippen LogP contribution in [0.4, 0.5) is 5.69 Å². The lowest BCUT2D eigenvalue weighted by molar-refractivity contribution is -0.0845. The van der Waals surface area contributed by atoms with E-state index < -0.39 is 0 Å². The molecule has 1 unspecified atom stereocenters. The second-order valence-corrected chi connectivity index (χ2v) is 6.32. The number of nitrogens with two attached hydrogens (primary N) is 1. The van der Waals surface area contributed by atoms with E-state index in [1.165, 1.54) is 0 Å². The van der Waals surface area contributed by atoms with Crippen molar-refractivity contribution >= 4 is 5.69 Å². The maximum Gasteiger partial charge on any atom is 0.142 e. The van der Waals surface area contributed by atoms with Gasteiger partial charge < -0.3 is 15.2 Å². The molecule has 0 amide bonds. The fourth-order valence-corrected chi connectivity index (χ4v) is 2.62. The van der Waals surface area contributed by atoms with Crippen LogP contribution in [0.3, 0.4) is 0 Å². The number of benzene rings is 1. The predicted octanol–water partition coefficient (Wildman–Crippen LogP) is 3.30. The summed E-state index contributed by atoms with van der Waals surface area (Å²) >= 11 is 0. The van der Waals surface area contributed by atoms with Gasteiger partial charge in [0.05, 0.1) is 11.3 Å². The number of ether oxygens (including phenoxy) is 2. The summed E-state index contributed by atoms with van der Waals surface area (Å²) in [6, 6.07) is 5.88. The van der Waals surface area contributed by atoms with Gasteiger partial charge in [-0.05, 0) is 52.3 Å². The summed E-state index contributed by atoms with van der Waals surface area (Å²) in [5.41, 5.74) is 7.38. The molecule has 2 N–H and O–H groups in total. The van der Waals surface area contributed by atoms with Gasteiger partial charge in [-0.3, -0.25) is 0 Å². The third kappa shape index (κ3) is 2.61. The van der Waals surface area contributed by atoms with Crippen LogP contribution in [0, 0.1) is 6.92 Å². The smallest absolute Gasteiger partial charge is 0.142 e. The Morgan fingerprint density at radius 1 is 1.28 bits per heavy atom. The molecule has 0 saturated carbocycles. The highest BCUT2D eigenvalue weighted by molar-refractivity contribution is 5.54. The maximum atomic E-state index is 6.06. The van der Waals surface area contributed by atoms with Gasteiger partial charge in [-0.2, -0.15) is 0 Å². The number of hydrogen-bond acceptors (Lipinski definition) is 3. The molecule has 3 nitrogen and oxygen atoms in total. The zero-order valence-electron chi connectivity index (χ0n) is 11.9. The molecule has 1 aromatic rings. The maximum absolute atomic E-state index is 6.06. The van der Waals surface area contributed by atoms with Crippen LogP contribution < -0.4 is 10.5 Å². The quantitative estimate of drug-likeness (QED) is 0.818. The molecule has 1 heterocycles. The van der Waals surface area contributed by atoms with Gasteiger partial charge in [0.1, 0.15) is 17.5 Å². The lowest BCUT2D eigenvalue weighted by atomic mass is 9.97. The van der Waals surface area contributed by atoms with Gasteiger partial charge in [-0.25, -0.2) is 0 Å². The minimum Gasteiger partial charge on any atom is -0.485 e. The standard InChI is InChI=1S/C15H23NO2/c1-10-6-7-12(11(16)8-10)17-13-9-14(2,3)18-15(13,4)5/h6-8,13H,9,16H2,1-5H3. The Hall–Kier alpha value is -1.22. The van der Waals surface area contributed by atoms with E-state index >= 15 is 0 Å². The highest BCUT2D eigenvalue weighted by Crippen LogP contribution is 2.40. The summed E-state index contributed by atoms with van der Waals surface area (Å²) in [6.07, 6.45) is 0.894. The van der Waals surface area contributed by atoms with Gasteiger partial charge >= 0.3 is 0 Å². The molecule has 1 saturated heterocycles. The normalized spacial score (nSPS) is 25.1. The van der Waals surface area contributed by atoms with Crippen molar-refractivity contribution in [2.45, 2.75) is 58.3 Å². The average molecular weight is 249 g/mol. The number of anilines is 1. The number of nitrogen functional groups attached to an aromatic ring is 1. The van der Waals surface area contributed by atoms with Crippen LogP contribution in [0.15, 0.2) is 18.2 Å². The van der Waals surface area contributed by atoms with E-state index in [0.717, 1.165) is 17.7 Å². The topological polar surface area (TPSA) is 44.5 Å². The third-order valence-corrected chi connectivity index (χ3v) is 3.43. The van der Waals surface area contributed by atoms with Crippen LogP contribution in [-0.4, -0.2) is 17.3 Å². The van der Waals surface area contributed by atoms with Gasteiger partial charge in [0.25, 0.3) is 0 Å². The molecule has 0 aromatic heterocycles. The van der Waals surface area contributed by atoms with E-state index in [4.69, 9.17) is 15.2 Å². The molecule has 1 fully saturated rings. The first-order valence-electron chi connectivity index (χ1n) is 6.43. The Kier molecular flexibility index (Phi) is 3.06. The second-order valence-electron chi connectivity index (χ2n) is 6.32. The van der Waals surface area contributed by atoms with E-state index in [1.54, 1.807) is 0 Å². The van der Waals surface area contributed by atoms with Crippen LogP contribution in [0.5, 0.6) is 5.75 Å². The molecular weight excluding hydrogens is 226 g/mol. The molecule has 0 aliphatic carbocycles. The van der Waals surface area contributed by atoms with Crippen molar-refractivity contribution in [1.29, 1.82) is 0 Å². The largest absolute Gasteiger partial charge is 0.485 e. The van der Waals surface area contributed by atoms with Gasteiger partial charge in [-0.15, -0.1) is 0 Å². The zero-order valence-corrected chi connectivity index (χ0v) is 11.9. The van der Waals surface area contributed by atoms with E-state index in [9.17, 15) is 0 Å². The fraction of sp³-hybridized carbons (Fsp3) is 0.600. The Balaban J connectivity index is 2.19. The van der Waals surface area contributed by atoms with Crippen LogP contribution in [0.25, 0.3) is 0 Å². The van der Waals surface area contributed by atoms with Crippen molar-refractivity contribution < 1.29 is 9.47 Å². The molecule has 2 rings (SSSR count). The highest BCUT2D eigenvalue weighted by atomic mass is 16.6. The monoisotopic (exact) mass is 249 g/mol. The summed E-state index contributed by atoms with van der Waals surface area (Å²) in [5.74, 6) is 0.750. The van der Waals surface area contributed by atoms with Crippen molar-refractivity contribution in [3.63, 3.8) is 0 Å². The number of rotatable bonds is 2. The molecule has 0 radical (unpaired) electrons. The minimum atomic E-state index is -0.291. The van der Waals surface area contributed by atoms with E-state index in [1.807, 2.05) is 25.1 Å². The Bertz CT molecular complexity index is 452. The predicted molar refractivity (Wildman–Crippen MR) is 73.9 cm³/mol. The molecule has 1 aromatic carbocycles. The summed E-state index contributed by atoms with van der Waals surface area (Å²) in [4.78, 5) is 0. The molecule has 100 valence electrons. The Labute approximate surface area is 109 Å². The van der Waals surface area contributed by atoms with Crippen LogP contribution >= 0.6 is 0 Å². The molecule has 1 aliphatic rings. The molecule has 0 spiro atoms. The van der Waals surface area contributed by atoms with Crippen LogP contribution in [-0.2, 0) is 4.74 Å². The Morgan fingerprint density at radius 2 is 1.94 bits per heavy atom. The summed E-state index contributed by atoms with van der Waals surface area (Å²) < 4.78 is 12.1. The SMILES string of the molecule is Cc1ccc(OC2CC(C)(C)OC2(C)C)c(N)c1. The molecule has 3 heteroatoms. The highest BCUT2D eigenvalue weighted by Gasteiger charge is 2.47. The van der Waals surface area contributed by atoms with Crippen molar-refractivity contribution in [2.75, 3.05) is 5.73 Å². The van der Waals surface area contributed by atoms with Crippen molar-refractivity contribution in [3.8, 4) is 5.75 Å². The van der Waals surface area contributed by atoms with Gasteiger partial charge in [0, 0.05) is 6.42 Å². The summed E-state index contributed by atoms with van der Waals surface area (Å²) in [6.45, 7) is 10.3. The number of aryl methyl sites for hydroxylation is 1. The fourth-order valence-electron chi connectivity index (χ4n) is 2.62. The molecule has 0 bridgehead atoms. The minimum absolute atomic E-state index is 0.0255. The summed E-state index contributed by atoms with van der Waals surface area (Å²) in [7, 11) is 0. The first-order valence-corrected chi connectivity index (χ1v) is 6.43. The van der Waals surface area contributed by atoms with Gasteiger partial charge in [0.2, 0.25) is 0 Å². The van der Waals surface area contributed by atoms with Crippen molar-refractivity contribution in [1.82, 2.24) is 0 Å². The van der Waals surface area contributed by atoms with E-state index in [0.29, 0.717) is 5.69 Å². The number of hydrogen-bond donors (Lipinski definition) is 1. The van der Waals surface area contributed by atoms with Crippen LogP contribution in [0.2, 0.25) is 0 Å². The Morgan fingerprint density at radius 3 is 2.44 bits per heavy atom. The van der Waals surface area contributed by atoms with Crippen molar-refractivity contribution in [2.24, 2.45) is 0 Å². The molecule has 18 heavy (non-hydrogen) atoms. The van der Waals surface area contributed by atoms with Gasteiger partial charge in [0.15, 0.2) is 0 Å². The first kappa shape index (κ1) is 13.2. The molecule has 1 aliphatic heterocycles. The van der Waals surface area contributed by atoms with Crippen LogP contribution in [0.1, 0.15) is 39.7 Å². The lowest BCUT2D eigenvalue weighted by Crippen LogP contribution is -2.36.